The zero-order valence-corrected chi connectivity index (χ0v) is 18.9. The fourth-order valence-electron chi connectivity index (χ4n) is 4.11. The molecule has 0 radical (unpaired) electrons. The number of hydrogen-bond acceptors (Lipinski definition) is 4. The van der Waals surface area contributed by atoms with Crippen LogP contribution in [-0.4, -0.2) is 54.4 Å². The average Bonchev–Trinajstić information content (AvgIpc) is 3.55. The smallest absolute Gasteiger partial charge is 0.191 e. The second-order valence-electron chi connectivity index (χ2n) is 7.97. The van der Waals surface area contributed by atoms with E-state index in [0.29, 0.717) is 12.6 Å². The number of aliphatic imine (C=N–C) groups is 1. The Kier molecular flexibility index (Phi) is 7.40. The summed E-state index contributed by atoms with van der Waals surface area (Å²) in [5, 5.41) is 11.4. The maximum Gasteiger partial charge on any atom is 0.191 e. The van der Waals surface area contributed by atoms with Gasteiger partial charge in [0.05, 0.1) is 25.0 Å². The Hall–Kier alpha value is -3.32. The first-order valence-electron chi connectivity index (χ1n) is 11.2. The predicted octanol–water partition coefficient (Wildman–Crippen LogP) is 3.38. The van der Waals surface area contributed by atoms with Crippen LogP contribution in [-0.2, 0) is 6.54 Å². The number of ether oxygens (including phenoxy) is 1. The van der Waals surface area contributed by atoms with E-state index in [0.717, 1.165) is 42.6 Å². The summed E-state index contributed by atoms with van der Waals surface area (Å²) in [6, 6.07) is 18.8. The Labute approximate surface area is 190 Å². The molecule has 2 N–H and O–H groups in total. The molecule has 0 amide bonds. The average molecular weight is 433 g/mol. The predicted molar refractivity (Wildman–Crippen MR) is 128 cm³/mol. The number of para-hydroxylation sites is 1. The highest BCUT2D eigenvalue weighted by molar-refractivity contribution is 5.79. The molecule has 0 saturated carbocycles. The van der Waals surface area contributed by atoms with Crippen LogP contribution in [0.25, 0.3) is 5.69 Å². The van der Waals surface area contributed by atoms with Crippen molar-refractivity contribution in [1.82, 2.24) is 25.3 Å². The number of likely N-dealkylation sites (tertiary alicyclic amines) is 1. The van der Waals surface area contributed by atoms with E-state index in [1.165, 1.54) is 18.4 Å². The van der Waals surface area contributed by atoms with Crippen LogP contribution < -0.4 is 15.4 Å². The minimum absolute atomic E-state index is 0.294. The van der Waals surface area contributed by atoms with E-state index in [4.69, 9.17) is 4.74 Å². The molecule has 4 rings (SSSR count). The number of rotatable bonds is 8. The van der Waals surface area contributed by atoms with E-state index in [1.54, 1.807) is 14.2 Å². The van der Waals surface area contributed by atoms with E-state index < -0.39 is 0 Å². The molecule has 32 heavy (non-hydrogen) atoms. The first kappa shape index (κ1) is 21.9. The van der Waals surface area contributed by atoms with Crippen molar-refractivity contribution in [2.45, 2.75) is 25.4 Å². The molecule has 1 saturated heterocycles. The van der Waals surface area contributed by atoms with Crippen LogP contribution in [0.5, 0.6) is 5.75 Å². The molecule has 1 aromatic heterocycles. The zero-order valence-electron chi connectivity index (χ0n) is 18.9. The highest BCUT2D eigenvalue weighted by Gasteiger charge is 2.23. The van der Waals surface area contributed by atoms with Crippen LogP contribution in [0, 0.1) is 0 Å². The molecule has 168 valence electrons. The molecule has 2 heterocycles. The summed E-state index contributed by atoms with van der Waals surface area (Å²) >= 11 is 0. The third kappa shape index (κ3) is 5.48. The lowest BCUT2D eigenvalue weighted by atomic mass is 10.1. The van der Waals surface area contributed by atoms with Crippen LogP contribution in [0.3, 0.4) is 0 Å². The second kappa shape index (κ2) is 10.8. The van der Waals surface area contributed by atoms with Gasteiger partial charge in [-0.3, -0.25) is 9.89 Å². The summed E-state index contributed by atoms with van der Waals surface area (Å²) in [7, 11) is 3.51. The van der Waals surface area contributed by atoms with E-state index in [9.17, 15) is 0 Å². The van der Waals surface area contributed by atoms with Crippen LogP contribution >= 0.6 is 0 Å². The molecule has 7 heteroatoms. The lowest BCUT2D eigenvalue weighted by Gasteiger charge is -2.29. The van der Waals surface area contributed by atoms with Crippen molar-refractivity contribution in [2.24, 2.45) is 4.99 Å². The van der Waals surface area contributed by atoms with Gasteiger partial charge in [-0.1, -0.05) is 30.3 Å². The summed E-state index contributed by atoms with van der Waals surface area (Å²) in [6.45, 7) is 3.70. The number of nitrogens with zero attached hydrogens (tertiary/aromatic N) is 4. The second-order valence-corrected chi connectivity index (χ2v) is 7.97. The number of benzene rings is 2. The third-order valence-corrected chi connectivity index (χ3v) is 5.89. The highest BCUT2D eigenvalue weighted by atomic mass is 16.5. The van der Waals surface area contributed by atoms with Crippen LogP contribution in [0.15, 0.2) is 72.0 Å². The fourth-order valence-corrected chi connectivity index (χ4v) is 4.11. The molecule has 0 bridgehead atoms. The Balaban J connectivity index is 1.36. The van der Waals surface area contributed by atoms with Gasteiger partial charge in [0.2, 0.25) is 0 Å². The van der Waals surface area contributed by atoms with Crippen molar-refractivity contribution in [3.8, 4) is 11.4 Å². The largest absolute Gasteiger partial charge is 0.497 e. The van der Waals surface area contributed by atoms with Crippen molar-refractivity contribution in [1.29, 1.82) is 0 Å². The normalized spacial score (nSPS) is 15.5. The molecule has 3 aromatic rings. The van der Waals surface area contributed by atoms with Crippen LogP contribution in [0.4, 0.5) is 0 Å². The number of aromatic nitrogens is 2. The number of nitrogens with one attached hydrogen (secondary N) is 2. The Morgan fingerprint density at radius 1 is 1.06 bits per heavy atom. The van der Waals surface area contributed by atoms with Crippen molar-refractivity contribution in [3.05, 3.63) is 78.1 Å². The Bertz CT molecular complexity index is 993. The van der Waals surface area contributed by atoms with E-state index >= 15 is 0 Å². The number of guanidine groups is 1. The summed E-state index contributed by atoms with van der Waals surface area (Å²) in [5.74, 6) is 1.67. The topological polar surface area (TPSA) is 66.7 Å². The lowest BCUT2D eigenvalue weighted by Crippen LogP contribution is -2.42. The zero-order chi connectivity index (χ0) is 22.2. The van der Waals surface area contributed by atoms with Crippen molar-refractivity contribution in [3.63, 3.8) is 0 Å². The summed E-state index contributed by atoms with van der Waals surface area (Å²) < 4.78 is 7.22. The maximum absolute atomic E-state index is 5.33. The van der Waals surface area contributed by atoms with Gasteiger partial charge in [-0.15, -0.1) is 0 Å². The van der Waals surface area contributed by atoms with Crippen molar-refractivity contribution in [2.75, 3.05) is 33.8 Å². The molecule has 1 fully saturated rings. The minimum atomic E-state index is 0.294. The first-order chi connectivity index (χ1) is 15.8. The molecule has 1 atom stereocenters. The van der Waals surface area contributed by atoms with Crippen molar-refractivity contribution >= 4 is 5.96 Å². The molecule has 7 nitrogen and oxygen atoms in total. The fraction of sp³-hybridized carbons (Fsp3) is 0.360. The SMILES string of the molecule is CN=C(NCc1cnn(-c2ccccc2)c1)NCC(c1ccc(OC)cc1)N1CCCC1. The lowest BCUT2D eigenvalue weighted by molar-refractivity contribution is 0.245. The first-order valence-corrected chi connectivity index (χ1v) is 11.2. The van der Waals surface area contributed by atoms with Gasteiger partial charge in [0.25, 0.3) is 0 Å². The summed E-state index contributed by atoms with van der Waals surface area (Å²) in [4.78, 5) is 6.96. The molecule has 1 aliphatic rings. The van der Waals surface area contributed by atoms with Gasteiger partial charge in [0.1, 0.15) is 5.75 Å². The van der Waals surface area contributed by atoms with Gasteiger partial charge in [-0.2, -0.15) is 5.10 Å². The molecule has 0 aliphatic carbocycles. The molecule has 1 aliphatic heterocycles. The number of methoxy groups -OCH3 is 1. The molecule has 0 spiro atoms. The Morgan fingerprint density at radius 3 is 2.50 bits per heavy atom. The van der Waals surface area contributed by atoms with Gasteiger partial charge < -0.3 is 15.4 Å². The molecule has 2 aromatic carbocycles. The molecular formula is C25H32N6O. The van der Waals surface area contributed by atoms with E-state index in [-0.39, 0.29) is 0 Å². The molecular weight excluding hydrogens is 400 g/mol. The van der Waals surface area contributed by atoms with Gasteiger partial charge in [-0.25, -0.2) is 4.68 Å². The van der Waals surface area contributed by atoms with Crippen LogP contribution in [0.1, 0.15) is 30.0 Å². The quantitative estimate of drug-likeness (QED) is 0.422. The van der Waals surface area contributed by atoms with Gasteiger partial charge >= 0.3 is 0 Å². The van der Waals surface area contributed by atoms with Gasteiger partial charge in [-0.05, 0) is 55.8 Å². The van der Waals surface area contributed by atoms with Crippen LogP contribution in [0.2, 0.25) is 0 Å². The summed E-state index contributed by atoms with van der Waals surface area (Å²) in [5.41, 5.74) is 3.44. The Morgan fingerprint density at radius 2 is 1.81 bits per heavy atom. The monoisotopic (exact) mass is 432 g/mol. The minimum Gasteiger partial charge on any atom is -0.497 e. The molecule has 1 unspecified atom stereocenters. The van der Waals surface area contributed by atoms with Crippen molar-refractivity contribution < 1.29 is 4.74 Å². The highest BCUT2D eigenvalue weighted by Crippen LogP contribution is 2.26. The standard InChI is InChI=1S/C25H32N6O/c1-26-25(27-16-20-17-29-31(19-20)22-8-4-3-5-9-22)28-18-24(30-14-6-7-15-30)21-10-12-23(32-2)13-11-21/h3-5,8-13,17,19,24H,6-7,14-16,18H2,1-2H3,(H2,26,27,28). The van der Waals surface area contributed by atoms with Gasteiger partial charge in [0.15, 0.2) is 5.96 Å². The third-order valence-electron chi connectivity index (χ3n) is 5.89. The summed E-state index contributed by atoms with van der Waals surface area (Å²) in [6.07, 6.45) is 6.44. The van der Waals surface area contributed by atoms with E-state index in [1.807, 2.05) is 59.5 Å². The van der Waals surface area contributed by atoms with E-state index in [2.05, 4.69) is 37.8 Å². The maximum atomic E-state index is 5.33. The number of hydrogen-bond donors (Lipinski definition) is 2. The van der Waals surface area contributed by atoms with Gasteiger partial charge in [0, 0.05) is 31.9 Å².